The van der Waals surface area contributed by atoms with Crippen LogP contribution in [0.5, 0.6) is 0 Å². The van der Waals surface area contributed by atoms with Crippen LogP contribution in [0.3, 0.4) is 0 Å². The van der Waals surface area contributed by atoms with Gasteiger partial charge in [0.05, 0.1) is 11.4 Å². The number of benzene rings is 2. The molecule has 1 saturated heterocycles. The molecule has 0 bridgehead atoms. The zero-order chi connectivity index (χ0) is 23.5. The smallest absolute Gasteiger partial charge is 0.254 e. The lowest BCUT2D eigenvalue weighted by atomic mass is 10.1. The summed E-state index contributed by atoms with van der Waals surface area (Å²) in [5.41, 5.74) is 2.73. The van der Waals surface area contributed by atoms with Gasteiger partial charge in [-0.05, 0) is 56.7 Å². The molecule has 0 aliphatic carbocycles. The normalized spacial score (nSPS) is 16.2. The van der Waals surface area contributed by atoms with Gasteiger partial charge < -0.3 is 9.80 Å². The number of nitrogens with zero attached hydrogens (tertiary/aromatic N) is 5. The molecule has 1 atom stereocenters. The second-order valence-corrected chi connectivity index (χ2v) is 9.51. The van der Waals surface area contributed by atoms with Crippen molar-refractivity contribution in [3.05, 3.63) is 70.5 Å². The largest absolute Gasteiger partial charge is 0.338 e. The number of halogens is 1. The first-order chi connectivity index (χ1) is 15.8. The van der Waals surface area contributed by atoms with Crippen molar-refractivity contribution in [2.24, 2.45) is 0 Å². The summed E-state index contributed by atoms with van der Waals surface area (Å²) < 4.78 is 1.98. The lowest BCUT2D eigenvalue weighted by Gasteiger charge is -2.40. The molecule has 172 valence electrons. The third-order valence-corrected chi connectivity index (χ3v) is 6.97. The van der Waals surface area contributed by atoms with Crippen molar-refractivity contribution in [2.75, 3.05) is 25.4 Å². The van der Waals surface area contributed by atoms with Gasteiger partial charge in [0.1, 0.15) is 5.82 Å². The molecule has 0 spiro atoms. The van der Waals surface area contributed by atoms with Crippen LogP contribution in [-0.2, 0) is 4.79 Å². The van der Waals surface area contributed by atoms with Crippen molar-refractivity contribution in [1.29, 1.82) is 0 Å². The van der Waals surface area contributed by atoms with Gasteiger partial charge in [-0.3, -0.25) is 14.2 Å². The van der Waals surface area contributed by atoms with E-state index in [-0.39, 0.29) is 23.6 Å². The predicted molar refractivity (Wildman–Crippen MR) is 130 cm³/mol. The van der Waals surface area contributed by atoms with Gasteiger partial charge in [0.15, 0.2) is 5.16 Å². The topological polar surface area (TPSA) is 71.3 Å². The molecule has 4 rings (SSSR count). The highest BCUT2D eigenvalue weighted by Crippen LogP contribution is 2.25. The fourth-order valence-electron chi connectivity index (χ4n) is 3.99. The van der Waals surface area contributed by atoms with E-state index in [1.165, 1.54) is 11.8 Å². The quantitative estimate of drug-likeness (QED) is 0.513. The summed E-state index contributed by atoms with van der Waals surface area (Å²) in [5, 5.41) is 9.79. The van der Waals surface area contributed by atoms with Crippen molar-refractivity contribution in [3.8, 4) is 5.69 Å². The number of aromatic nitrogens is 3. The number of hydrogen-bond acceptors (Lipinski definition) is 5. The monoisotopic (exact) mass is 483 g/mol. The Morgan fingerprint density at radius 3 is 2.48 bits per heavy atom. The van der Waals surface area contributed by atoms with Crippen LogP contribution in [0.15, 0.2) is 53.7 Å². The van der Waals surface area contributed by atoms with Crippen LogP contribution in [0.1, 0.15) is 28.7 Å². The lowest BCUT2D eigenvalue weighted by molar-refractivity contribution is -0.130. The second kappa shape index (κ2) is 9.97. The summed E-state index contributed by atoms with van der Waals surface area (Å²) in [6.45, 7) is 7.43. The number of rotatable bonds is 5. The Kier molecular flexibility index (Phi) is 7.05. The van der Waals surface area contributed by atoms with Crippen LogP contribution in [0, 0.1) is 13.8 Å². The number of hydrogen-bond donors (Lipinski definition) is 0. The molecule has 2 heterocycles. The summed E-state index contributed by atoms with van der Waals surface area (Å²) in [7, 11) is 0. The maximum atomic E-state index is 13.0. The van der Waals surface area contributed by atoms with Crippen LogP contribution < -0.4 is 0 Å². The molecule has 3 aromatic rings. The summed E-state index contributed by atoms with van der Waals surface area (Å²) in [6.07, 6.45) is 0. The predicted octanol–water partition coefficient (Wildman–Crippen LogP) is 4.00. The van der Waals surface area contributed by atoms with E-state index in [4.69, 9.17) is 11.6 Å². The molecule has 1 unspecified atom stereocenters. The number of carbonyl (C=O) groups is 2. The zero-order valence-electron chi connectivity index (χ0n) is 18.9. The summed E-state index contributed by atoms with van der Waals surface area (Å²) in [4.78, 5) is 29.5. The van der Waals surface area contributed by atoms with Crippen molar-refractivity contribution in [3.63, 3.8) is 0 Å². The average molecular weight is 484 g/mol. The first kappa shape index (κ1) is 23.3. The Labute approximate surface area is 202 Å². The van der Waals surface area contributed by atoms with Gasteiger partial charge in [0.25, 0.3) is 5.91 Å². The van der Waals surface area contributed by atoms with Gasteiger partial charge >= 0.3 is 0 Å². The van der Waals surface area contributed by atoms with Gasteiger partial charge in [-0.25, -0.2) is 0 Å². The minimum Gasteiger partial charge on any atom is -0.338 e. The number of piperazine rings is 1. The van der Waals surface area contributed by atoms with Crippen LogP contribution in [0.25, 0.3) is 5.69 Å². The van der Waals surface area contributed by atoms with E-state index in [9.17, 15) is 9.59 Å². The van der Waals surface area contributed by atoms with E-state index in [0.29, 0.717) is 35.4 Å². The van der Waals surface area contributed by atoms with E-state index >= 15 is 0 Å². The van der Waals surface area contributed by atoms with Gasteiger partial charge in [-0.2, -0.15) is 0 Å². The molecule has 9 heteroatoms. The highest BCUT2D eigenvalue weighted by molar-refractivity contribution is 7.99. The van der Waals surface area contributed by atoms with E-state index in [2.05, 4.69) is 10.2 Å². The fraction of sp³-hybridized carbons (Fsp3) is 0.333. The first-order valence-electron chi connectivity index (χ1n) is 10.8. The van der Waals surface area contributed by atoms with Crippen molar-refractivity contribution < 1.29 is 9.59 Å². The van der Waals surface area contributed by atoms with Crippen LogP contribution in [-0.4, -0.2) is 67.8 Å². The highest BCUT2D eigenvalue weighted by Gasteiger charge is 2.30. The Morgan fingerprint density at radius 2 is 1.79 bits per heavy atom. The molecule has 33 heavy (non-hydrogen) atoms. The molecule has 0 saturated carbocycles. The Balaban J connectivity index is 1.38. The maximum Gasteiger partial charge on any atom is 0.254 e. The van der Waals surface area contributed by atoms with E-state index in [1.54, 1.807) is 24.3 Å². The molecule has 1 fully saturated rings. The van der Waals surface area contributed by atoms with Gasteiger partial charge in [-0.15, -0.1) is 10.2 Å². The third-order valence-electron chi connectivity index (χ3n) is 5.81. The van der Waals surface area contributed by atoms with Gasteiger partial charge in [0.2, 0.25) is 5.91 Å². The molecule has 2 aromatic carbocycles. The number of thioether (sulfide) groups is 1. The number of amides is 2. The minimum atomic E-state index is -0.0752. The van der Waals surface area contributed by atoms with Crippen LogP contribution in [0.2, 0.25) is 5.02 Å². The Hall–Kier alpha value is -2.84. The molecule has 0 radical (unpaired) electrons. The van der Waals surface area contributed by atoms with E-state index < -0.39 is 0 Å². The molecular weight excluding hydrogens is 458 g/mol. The molecule has 2 amide bonds. The Morgan fingerprint density at radius 1 is 1.06 bits per heavy atom. The van der Waals surface area contributed by atoms with E-state index in [0.717, 1.165) is 17.1 Å². The van der Waals surface area contributed by atoms with Gasteiger partial charge in [0, 0.05) is 36.3 Å². The molecule has 1 aliphatic heterocycles. The van der Waals surface area contributed by atoms with E-state index in [1.807, 2.05) is 59.4 Å². The SMILES string of the molecule is Cc1ccccc1-n1c(C)nnc1SCC(=O)N1CCN(C(=O)c2ccc(Cl)cc2)C(C)C1. The average Bonchev–Trinajstić information content (AvgIpc) is 3.17. The van der Waals surface area contributed by atoms with Crippen LogP contribution in [0.4, 0.5) is 0 Å². The molecule has 0 N–H and O–H groups in total. The summed E-state index contributed by atoms with van der Waals surface area (Å²) >= 11 is 7.32. The fourth-order valence-corrected chi connectivity index (χ4v) is 5.01. The number of aryl methyl sites for hydroxylation is 2. The molecule has 7 nitrogen and oxygen atoms in total. The van der Waals surface area contributed by atoms with Crippen LogP contribution >= 0.6 is 23.4 Å². The minimum absolute atomic E-state index is 0.0300. The van der Waals surface area contributed by atoms with Crippen molar-refractivity contribution in [2.45, 2.75) is 32.0 Å². The molecular formula is C24H26ClN5O2S. The number of carbonyl (C=O) groups excluding carboxylic acids is 2. The first-order valence-corrected chi connectivity index (χ1v) is 12.2. The lowest BCUT2D eigenvalue weighted by Crippen LogP contribution is -2.55. The van der Waals surface area contributed by atoms with Crippen molar-refractivity contribution >= 4 is 35.2 Å². The third kappa shape index (κ3) is 5.07. The zero-order valence-corrected chi connectivity index (χ0v) is 20.4. The van der Waals surface area contributed by atoms with Crippen molar-refractivity contribution in [1.82, 2.24) is 24.6 Å². The van der Waals surface area contributed by atoms with Gasteiger partial charge in [-0.1, -0.05) is 41.6 Å². The Bertz CT molecular complexity index is 1160. The standard InChI is InChI=1S/C24H26ClN5O2S/c1-16-6-4-5-7-21(16)30-18(3)26-27-24(30)33-15-22(31)28-12-13-29(17(2)14-28)23(32)19-8-10-20(25)11-9-19/h4-11,17H,12-15H2,1-3H3. The second-order valence-electron chi connectivity index (χ2n) is 8.13. The summed E-state index contributed by atoms with van der Waals surface area (Å²) in [5.74, 6) is 1.04. The number of para-hydroxylation sites is 1. The molecule has 1 aliphatic rings. The highest BCUT2D eigenvalue weighted by atomic mass is 35.5. The summed E-state index contributed by atoms with van der Waals surface area (Å²) in [6, 6.07) is 14.9. The molecule has 1 aromatic heterocycles. The maximum absolute atomic E-state index is 13.0.